The summed E-state index contributed by atoms with van der Waals surface area (Å²) in [4.78, 5) is 34.0. The molecular weight excluding hydrogens is 274 g/mol. The van der Waals surface area contributed by atoms with Gasteiger partial charge in [-0.2, -0.15) is 0 Å². The maximum atomic E-state index is 11.6. The number of ether oxygens (including phenoxy) is 1. The molecule has 0 aliphatic rings. The number of aliphatic carboxylic acids is 1. The van der Waals surface area contributed by atoms with E-state index in [-0.39, 0.29) is 30.6 Å². The average Bonchev–Trinajstić information content (AvgIpc) is 2.33. The van der Waals surface area contributed by atoms with Crippen molar-refractivity contribution in [1.29, 1.82) is 0 Å². The number of alkyl carbamates (subject to hydrolysis) is 1. The van der Waals surface area contributed by atoms with Crippen LogP contribution in [0.25, 0.3) is 0 Å². The third-order valence-corrected chi connectivity index (χ3v) is 3.06. The van der Waals surface area contributed by atoms with Gasteiger partial charge < -0.3 is 15.2 Å². The van der Waals surface area contributed by atoms with Crippen LogP contribution in [0.4, 0.5) is 4.79 Å². The van der Waals surface area contributed by atoms with Crippen molar-refractivity contribution in [3.8, 4) is 0 Å². The number of amides is 1. The van der Waals surface area contributed by atoms with Crippen LogP contribution in [-0.4, -0.2) is 35.6 Å². The number of carboxylic acid groups (broad SMARTS) is 1. The molecule has 2 N–H and O–H groups in total. The summed E-state index contributed by atoms with van der Waals surface area (Å²) in [5.41, 5.74) is 0. The Balaban J connectivity index is 4.29. The van der Waals surface area contributed by atoms with Gasteiger partial charge in [0.1, 0.15) is 0 Å². The topological polar surface area (TPSA) is 92.7 Å². The van der Waals surface area contributed by atoms with Crippen LogP contribution in [0.1, 0.15) is 47.5 Å². The van der Waals surface area contributed by atoms with E-state index in [1.54, 1.807) is 13.8 Å². The minimum atomic E-state index is -0.890. The highest BCUT2D eigenvalue weighted by Crippen LogP contribution is 2.15. The Kier molecular flexibility index (Phi) is 8.66. The molecule has 0 radical (unpaired) electrons. The Morgan fingerprint density at radius 2 is 1.67 bits per heavy atom. The second-order valence-electron chi connectivity index (χ2n) is 6.08. The molecule has 0 saturated carbocycles. The van der Waals surface area contributed by atoms with Crippen molar-refractivity contribution in [3.63, 3.8) is 0 Å². The van der Waals surface area contributed by atoms with E-state index in [9.17, 15) is 14.4 Å². The second kappa shape index (κ2) is 9.37. The predicted molar refractivity (Wildman–Crippen MR) is 79.0 cm³/mol. The van der Waals surface area contributed by atoms with Gasteiger partial charge in [-0.3, -0.25) is 9.59 Å². The molecule has 1 unspecified atom stereocenters. The molecule has 0 aromatic heterocycles. The number of carbonyl (C=O) groups excluding carboxylic acids is 2. The number of rotatable bonds is 9. The zero-order chi connectivity index (χ0) is 16.6. The summed E-state index contributed by atoms with van der Waals surface area (Å²) in [7, 11) is 0. The van der Waals surface area contributed by atoms with Crippen LogP contribution < -0.4 is 5.32 Å². The highest BCUT2D eigenvalue weighted by molar-refractivity contribution is 5.86. The fraction of sp³-hybridized carbons (Fsp3) is 0.800. The monoisotopic (exact) mass is 301 g/mol. The van der Waals surface area contributed by atoms with Crippen LogP contribution in [0.2, 0.25) is 0 Å². The first-order valence-corrected chi connectivity index (χ1v) is 7.33. The highest BCUT2D eigenvalue weighted by Gasteiger charge is 2.21. The Morgan fingerprint density at radius 3 is 2.10 bits per heavy atom. The van der Waals surface area contributed by atoms with Crippen LogP contribution in [0.15, 0.2) is 0 Å². The van der Waals surface area contributed by atoms with Crippen LogP contribution in [-0.2, 0) is 14.3 Å². The lowest BCUT2D eigenvalue weighted by atomic mass is 9.94. The molecular formula is C15H27NO5. The van der Waals surface area contributed by atoms with Gasteiger partial charge in [0.25, 0.3) is 0 Å². The van der Waals surface area contributed by atoms with E-state index in [0.29, 0.717) is 12.3 Å². The molecule has 0 aliphatic heterocycles. The van der Waals surface area contributed by atoms with Gasteiger partial charge >= 0.3 is 12.1 Å². The van der Waals surface area contributed by atoms with Gasteiger partial charge in [0, 0.05) is 18.9 Å². The molecule has 0 heterocycles. The van der Waals surface area contributed by atoms with Gasteiger partial charge in [-0.15, -0.1) is 0 Å². The molecule has 122 valence electrons. The zero-order valence-corrected chi connectivity index (χ0v) is 13.5. The van der Waals surface area contributed by atoms with E-state index in [1.165, 1.54) is 6.92 Å². The van der Waals surface area contributed by atoms with Gasteiger partial charge in [-0.1, -0.05) is 27.7 Å². The van der Waals surface area contributed by atoms with Crippen LogP contribution in [0.3, 0.4) is 0 Å². The van der Waals surface area contributed by atoms with Gasteiger partial charge in [0.05, 0.1) is 0 Å². The van der Waals surface area contributed by atoms with Gasteiger partial charge in [0.2, 0.25) is 0 Å². The third kappa shape index (κ3) is 9.05. The van der Waals surface area contributed by atoms with Crippen molar-refractivity contribution in [2.45, 2.75) is 53.6 Å². The molecule has 0 bridgehead atoms. The van der Waals surface area contributed by atoms with Crippen LogP contribution in [0, 0.1) is 17.8 Å². The minimum Gasteiger partial charge on any atom is -0.481 e. The summed E-state index contributed by atoms with van der Waals surface area (Å²) in [6.45, 7) is 9.24. The van der Waals surface area contributed by atoms with Crippen LogP contribution in [0.5, 0.6) is 0 Å². The van der Waals surface area contributed by atoms with E-state index >= 15 is 0 Å². The molecule has 6 nitrogen and oxygen atoms in total. The SMILES string of the molecule is CC(C)CC(CNC(=O)O[C@@H](C)C(=O)C(C)C)CC(=O)O. The predicted octanol–water partition coefficient (Wildman–Crippen LogP) is 2.46. The van der Waals surface area contributed by atoms with Crippen molar-refractivity contribution in [3.05, 3.63) is 0 Å². The molecule has 6 heteroatoms. The molecule has 0 aromatic carbocycles. The van der Waals surface area contributed by atoms with E-state index in [0.717, 1.165) is 0 Å². The second-order valence-corrected chi connectivity index (χ2v) is 6.08. The summed E-state index contributed by atoms with van der Waals surface area (Å²) in [5, 5.41) is 11.4. The number of hydrogen-bond acceptors (Lipinski definition) is 4. The third-order valence-electron chi connectivity index (χ3n) is 3.06. The maximum absolute atomic E-state index is 11.6. The summed E-state index contributed by atoms with van der Waals surface area (Å²) in [5.74, 6) is -1.04. The lowest BCUT2D eigenvalue weighted by Gasteiger charge is -2.19. The fourth-order valence-corrected chi connectivity index (χ4v) is 2.11. The first-order chi connectivity index (χ1) is 9.63. The van der Waals surface area contributed by atoms with Gasteiger partial charge in [-0.25, -0.2) is 4.79 Å². The normalized spacial score (nSPS) is 13.9. The molecule has 0 spiro atoms. The number of Topliss-reactive ketones (excluding diaryl/α,β-unsaturated/α-hetero) is 1. The van der Waals surface area contributed by atoms with Crippen LogP contribution >= 0.6 is 0 Å². The van der Waals surface area contributed by atoms with E-state index < -0.39 is 18.2 Å². The summed E-state index contributed by atoms with van der Waals surface area (Å²) in [6.07, 6.45) is -0.782. The fourth-order valence-electron chi connectivity index (χ4n) is 2.11. The molecule has 0 rings (SSSR count). The molecule has 0 aliphatic carbocycles. The first kappa shape index (κ1) is 19.4. The van der Waals surface area contributed by atoms with E-state index in [2.05, 4.69) is 5.32 Å². The summed E-state index contributed by atoms with van der Waals surface area (Å²) < 4.78 is 4.99. The van der Waals surface area contributed by atoms with Crippen molar-refractivity contribution in [1.82, 2.24) is 5.32 Å². The largest absolute Gasteiger partial charge is 0.481 e. The highest BCUT2D eigenvalue weighted by atomic mass is 16.6. The quantitative estimate of drug-likeness (QED) is 0.682. The van der Waals surface area contributed by atoms with E-state index in [4.69, 9.17) is 9.84 Å². The Hall–Kier alpha value is -1.59. The van der Waals surface area contributed by atoms with Crippen molar-refractivity contribution in [2.24, 2.45) is 17.8 Å². The number of ketones is 1. The minimum absolute atomic E-state index is 0.00105. The summed E-state index contributed by atoms with van der Waals surface area (Å²) >= 11 is 0. The molecule has 1 amide bonds. The van der Waals surface area contributed by atoms with Crippen molar-refractivity contribution in [2.75, 3.05) is 6.54 Å². The molecule has 21 heavy (non-hydrogen) atoms. The smallest absolute Gasteiger partial charge is 0.407 e. The Morgan fingerprint density at radius 1 is 1.10 bits per heavy atom. The molecule has 2 atom stereocenters. The first-order valence-electron chi connectivity index (χ1n) is 7.33. The molecule has 0 fully saturated rings. The van der Waals surface area contributed by atoms with Gasteiger partial charge in [0.15, 0.2) is 11.9 Å². The lowest BCUT2D eigenvalue weighted by molar-refractivity contribution is -0.138. The number of carboxylic acids is 1. The average molecular weight is 301 g/mol. The van der Waals surface area contributed by atoms with Crippen molar-refractivity contribution < 1.29 is 24.2 Å². The van der Waals surface area contributed by atoms with E-state index in [1.807, 2.05) is 13.8 Å². The van der Waals surface area contributed by atoms with Crippen molar-refractivity contribution >= 4 is 17.8 Å². The lowest BCUT2D eigenvalue weighted by Crippen LogP contribution is -2.36. The van der Waals surface area contributed by atoms with Gasteiger partial charge in [-0.05, 0) is 25.2 Å². The molecule has 0 saturated heterocycles. The zero-order valence-electron chi connectivity index (χ0n) is 13.5. The number of hydrogen-bond donors (Lipinski definition) is 2. The Labute approximate surface area is 126 Å². The Bertz CT molecular complexity index is 365. The number of nitrogens with one attached hydrogen (secondary N) is 1. The molecule has 0 aromatic rings. The standard InChI is InChI=1S/C15H27NO5/c1-9(2)6-12(7-13(17)18)8-16-15(20)21-11(5)14(19)10(3)4/h9-12H,6-8H2,1-5H3,(H,16,20)(H,17,18)/t11-,12?/m0/s1. The maximum Gasteiger partial charge on any atom is 0.407 e. The number of carbonyl (C=O) groups is 3. The summed E-state index contributed by atoms with van der Waals surface area (Å²) in [6, 6.07) is 0.